The van der Waals surface area contributed by atoms with Crippen LogP contribution in [0.15, 0.2) is 42.7 Å². The van der Waals surface area contributed by atoms with Crippen molar-refractivity contribution in [1.82, 2.24) is 9.78 Å². The molecule has 0 spiro atoms. The molecule has 22 heavy (non-hydrogen) atoms. The Hall–Kier alpha value is -2.89. The lowest BCUT2D eigenvalue weighted by molar-refractivity contribution is 0.104. The number of carbonyl (C=O) groups is 2. The van der Waals surface area contributed by atoms with Gasteiger partial charge in [0.05, 0.1) is 12.7 Å². The summed E-state index contributed by atoms with van der Waals surface area (Å²) in [6.45, 7) is 0.931. The second kappa shape index (κ2) is 5.85. The van der Waals surface area contributed by atoms with Gasteiger partial charge in [-0.15, -0.1) is 0 Å². The summed E-state index contributed by atoms with van der Waals surface area (Å²) in [5.41, 5.74) is 2.17. The molecule has 6 heteroatoms. The number of amides is 1. The number of aryl methyl sites for hydroxylation is 1. The molecule has 0 saturated carbocycles. The summed E-state index contributed by atoms with van der Waals surface area (Å²) in [5.74, 6) is -0.0978. The Morgan fingerprint density at radius 2 is 2.09 bits per heavy atom. The predicted molar refractivity (Wildman–Crippen MR) is 81.7 cm³/mol. The third kappa shape index (κ3) is 2.90. The van der Waals surface area contributed by atoms with Gasteiger partial charge in [-0.1, -0.05) is 0 Å². The van der Waals surface area contributed by atoms with E-state index in [1.165, 1.54) is 6.08 Å². The Labute approximate surface area is 127 Å². The number of benzene rings is 1. The van der Waals surface area contributed by atoms with Crippen LogP contribution >= 0.6 is 0 Å². The van der Waals surface area contributed by atoms with Gasteiger partial charge in [-0.25, -0.2) is 4.79 Å². The van der Waals surface area contributed by atoms with Crippen molar-refractivity contribution >= 4 is 23.6 Å². The van der Waals surface area contributed by atoms with E-state index in [4.69, 9.17) is 4.74 Å². The molecule has 1 aromatic carbocycles. The zero-order valence-corrected chi connectivity index (χ0v) is 12.1. The van der Waals surface area contributed by atoms with Gasteiger partial charge in [-0.2, -0.15) is 5.10 Å². The molecule has 1 aromatic heterocycles. The first-order chi connectivity index (χ1) is 10.6. The Kier molecular flexibility index (Phi) is 3.74. The van der Waals surface area contributed by atoms with Gasteiger partial charge < -0.3 is 4.74 Å². The lowest BCUT2D eigenvalue weighted by Crippen LogP contribution is -2.23. The molecule has 1 aliphatic heterocycles. The minimum atomic E-state index is -0.351. The molecule has 1 fully saturated rings. The number of cyclic esters (lactones) is 1. The number of hydrogen-bond donors (Lipinski definition) is 0. The normalized spacial score (nSPS) is 14.6. The van der Waals surface area contributed by atoms with Crippen LogP contribution in [-0.4, -0.2) is 34.8 Å². The van der Waals surface area contributed by atoms with E-state index in [0.29, 0.717) is 18.7 Å². The molecule has 3 rings (SSSR count). The van der Waals surface area contributed by atoms with Crippen molar-refractivity contribution in [2.75, 3.05) is 18.1 Å². The Balaban J connectivity index is 1.71. The van der Waals surface area contributed by atoms with E-state index in [1.54, 1.807) is 46.1 Å². The molecule has 0 bridgehead atoms. The number of nitrogens with zero attached hydrogens (tertiary/aromatic N) is 3. The molecular weight excluding hydrogens is 282 g/mol. The van der Waals surface area contributed by atoms with E-state index < -0.39 is 0 Å². The van der Waals surface area contributed by atoms with Crippen molar-refractivity contribution in [3.05, 3.63) is 53.9 Å². The second-order valence-electron chi connectivity index (χ2n) is 4.96. The highest BCUT2D eigenvalue weighted by Gasteiger charge is 2.23. The maximum Gasteiger partial charge on any atom is 0.414 e. The van der Waals surface area contributed by atoms with Crippen molar-refractivity contribution in [1.29, 1.82) is 0 Å². The fraction of sp³-hybridized carbons (Fsp3) is 0.188. The smallest absolute Gasteiger partial charge is 0.414 e. The average molecular weight is 297 g/mol. The van der Waals surface area contributed by atoms with E-state index in [2.05, 4.69) is 5.10 Å². The zero-order valence-electron chi connectivity index (χ0n) is 12.1. The molecule has 0 aliphatic carbocycles. The van der Waals surface area contributed by atoms with Crippen LogP contribution in [0, 0.1) is 0 Å². The summed E-state index contributed by atoms with van der Waals surface area (Å²) < 4.78 is 6.56. The number of rotatable bonds is 4. The summed E-state index contributed by atoms with van der Waals surface area (Å²) in [5, 5.41) is 4.03. The SMILES string of the molecule is Cn1cc(/C=C\C(=O)c2ccc(N3CCOC3=O)cc2)cn1. The lowest BCUT2D eigenvalue weighted by atomic mass is 10.1. The summed E-state index contributed by atoms with van der Waals surface area (Å²) in [4.78, 5) is 25.1. The molecule has 0 N–H and O–H groups in total. The van der Waals surface area contributed by atoms with Crippen LogP contribution in [0.1, 0.15) is 15.9 Å². The number of allylic oxidation sites excluding steroid dienone is 1. The third-order valence-corrected chi connectivity index (χ3v) is 3.38. The van der Waals surface area contributed by atoms with Crippen molar-refractivity contribution in [2.45, 2.75) is 0 Å². The van der Waals surface area contributed by atoms with Crippen LogP contribution in [-0.2, 0) is 11.8 Å². The number of hydrogen-bond acceptors (Lipinski definition) is 4. The lowest BCUT2D eigenvalue weighted by Gasteiger charge is -2.12. The quantitative estimate of drug-likeness (QED) is 0.641. The van der Waals surface area contributed by atoms with Crippen LogP contribution in [0.2, 0.25) is 0 Å². The standard InChI is InChI=1S/C16H15N3O3/c1-18-11-12(10-17-18)2-7-15(20)13-3-5-14(6-4-13)19-8-9-22-16(19)21/h2-7,10-11H,8-9H2,1H3/b7-2-. The van der Waals surface area contributed by atoms with Crippen molar-refractivity contribution in [3.8, 4) is 0 Å². The Morgan fingerprint density at radius 1 is 1.32 bits per heavy atom. The van der Waals surface area contributed by atoms with Gasteiger partial charge in [0.25, 0.3) is 0 Å². The molecule has 0 atom stereocenters. The average Bonchev–Trinajstić information content (AvgIpc) is 3.13. The zero-order chi connectivity index (χ0) is 15.5. The van der Waals surface area contributed by atoms with Gasteiger partial charge in [0, 0.05) is 30.1 Å². The molecule has 0 unspecified atom stereocenters. The molecule has 1 aliphatic rings. The van der Waals surface area contributed by atoms with Gasteiger partial charge in [0.1, 0.15) is 6.61 Å². The van der Waals surface area contributed by atoms with Gasteiger partial charge >= 0.3 is 6.09 Å². The van der Waals surface area contributed by atoms with Gasteiger partial charge in [-0.3, -0.25) is 14.4 Å². The van der Waals surface area contributed by atoms with E-state index in [1.807, 2.05) is 13.2 Å². The number of carbonyl (C=O) groups excluding carboxylic acids is 2. The first-order valence-electron chi connectivity index (χ1n) is 6.89. The first kappa shape index (κ1) is 14.1. The molecule has 2 heterocycles. The van der Waals surface area contributed by atoms with Gasteiger partial charge in [0.15, 0.2) is 5.78 Å². The second-order valence-corrected chi connectivity index (χ2v) is 4.96. The molecule has 1 saturated heterocycles. The predicted octanol–water partition coefficient (Wildman–Crippen LogP) is 2.27. The molecule has 1 amide bonds. The summed E-state index contributed by atoms with van der Waals surface area (Å²) in [6, 6.07) is 6.91. The Bertz CT molecular complexity index is 731. The fourth-order valence-electron chi connectivity index (χ4n) is 2.23. The van der Waals surface area contributed by atoms with E-state index in [-0.39, 0.29) is 11.9 Å². The summed E-state index contributed by atoms with van der Waals surface area (Å²) in [7, 11) is 1.82. The topological polar surface area (TPSA) is 64.4 Å². The molecule has 2 aromatic rings. The highest BCUT2D eigenvalue weighted by molar-refractivity contribution is 6.07. The largest absolute Gasteiger partial charge is 0.447 e. The maximum atomic E-state index is 12.1. The van der Waals surface area contributed by atoms with Crippen LogP contribution in [0.5, 0.6) is 0 Å². The van der Waals surface area contributed by atoms with Crippen molar-refractivity contribution in [2.24, 2.45) is 7.05 Å². The number of anilines is 1. The van der Waals surface area contributed by atoms with E-state index in [0.717, 1.165) is 11.3 Å². The number of aromatic nitrogens is 2. The van der Waals surface area contributed by atoms with Crippen LogP contribution in [0.25, 0.3) is 6.08 Å². The van der Waals surface area contributed by atoms with Gasteiger partial charge in [0.2, 0.25) is 0 Å². The summed E-state index contributed by atoms with van der Waals surface area (Å²) >= 11 is 0. The highest BCUT2D eigenvalue weighted by atomic mass is 16.6. The van der Waals surface area contributed by atoms with Crippen molar-refractivity contribution < 1.29 is 14.3 Å². The van der Waals surface area contributed by atoms with Crippen LogP contribution < -0.4 is 4.90 Å². The van der Waals surface area contributed by atoms with Crippen molar-refractivity contribution in [3.63, 3.8) is 0 Å². The number of ether oxygens (including phenoxy) is 1. The Morgan fingerprint density at radius 3 is 2.68 bits per heavy atom. The molecule has 112 valence electrons. The summed E-state index contributed by atoms with van der Waals surface area (Å²) in [6.07, 6.45) is 6.39. The van der Waals surface area contributed by atoms with Gasteiger partial charge in [-0.05, 0) is 36.4 Å². The molecule has 6 nitrogen and oxygen atoms in total. The minimum absolute atomic E-state index is 0.0978. The molecule has 0 radical (unpaired) electrons. The highest BCUT2D eigenvalue weighted by Crippen LogP contribution is 2.19. The van der Waals surface area contributed by atoms with Crippen LogP contribution in [0.4, 0.5) is 10.5 Å². The van der Waals surface area contributed by atoms with Crippen LogP contribution in [0.3, 0.4) is 0 Å². The fourth-order valence-corrected chi connectivity index (χ4v) is 2.23. The number of ketones is 1. The molecular formula is C16H15N3O3. The minimum Gasteiger partial charge on any atom is -0.447 e. The van der Waals surface area contributed by atoms with E-state index >= 15 is 0 Å². The van der Waals surface area contributed by atoms with E-state index in [9.17, 15) is 9.59 Å². The monoisotopic (exact) mass is 297 g/mol. The maximum absolute atomic E-state index is 12.1. The third-order valence-electron chi connectivity index (χ3n) is 3.38. The first-order valence-corrected chi connectivity index (χ1v) is 6.89.